The van der Waals surface area contributed by atoms with E-state index in [2.05, 4.69) is 21.3 Å². The molecule has 0 radical (unpaired) electrons. The topological polar surface area (TPSA) is 52.0 Å². The van der Waals surface area contributed by atoms with Gasteiger partial charge in [0.2, 0.25) is 0 Å². The molecule has 2 fully saturated rings. The number of nitrogens with zero attached hydrogens (tertiary/aromatic N) is 3. The normalized spacial score (nSPS) is 22.2. The first kappa shape index (κ1) is 12.4. The van der Waals surface area contributed by atoms with Gasteiger partial charge in [0.15, 0.2) is 0 Å². The van der Waals surface area contributed by atoms with Crippen LogP contribution in [0, 0.1) is 18.3 Å². The highest BCUT2D eigenvalue weighted by Crippen LogP contribution is 2.33. The Hall–Kier alpha value is -1.60. The van der Waals surface area contributed by atoms with Crippen molar-refractivity contribution in [2.75, 3.05) is 18.0 Å². The third kappa shape index (κ3) is 2.57. The molecular formula is C15H20N4. The van der Waals surface area contributed by atoms with Crippen molar-refractivity contribution in [1.29, 1.82) is 5.26 Å². The van der Waals surface area contributed by atoms with E-state index < -0.39 is 0 Å². The molecule has 1 aromatic heterocycles. The third-order valence-electron chi connectivity index (χ3n) is 4.09. The van der Waals surface area contributed by atoms with E-state index in [-0.39, 0.29) is 0 Å². The molecule has 4 nitrogen and oxygen atoms in total. The zero-order chi connectivity index (χ0) is 13.2. The van der Waals surface area contributed by atoms with E-state index in [1.54, 1.807) is 0 Å². The van der Waals surface area contributed by atoms with Crippen LogP contribution in [0.15, 0.2) is 12.3 Å². The standard InChI is InChI=1S/C15H20N4/c1-11-6-8-18-15(14(11)9-16)19(13-4-5-13)10-12-3-2-7-17-12/h6,8,12-13,17H,2-5,7,10H2,1H3. The van der Waals surface area contributed by atoms with Gasteiger partial charge in [-0.3, -0.25) is 0 Å². The second kappa shape index (κ2) is 5.18. The van der Waals surface area contributed by atoms with Crippen LogP contribution in [0.4, 0.5) is 5.82 Å². The Morgan fingerprint density at radius 1 is 1.47 bits per heavy atom. The third-order valence-corrected chi connectivity index (χ3v) is 4.09. The van der Waals surface area contributed by atoms with Gasteiger partial charge in [-0.15, -0.1) is 0 Å². The molecule has 1 atom stereocenters. The van der Waals surface area contributed by atoms with Gasteiger partial charge in [0.25, 0.3) is 0 Å². The molecule has 1 aliphatic carbocycles. The average molecular weight is 256 g/mol. The number of aromatic nitrogens is 1. The minimum absolute atomic E-state index is 0.550. The molecule has 2 heterocycles. The zero-order valence-electron chi connectivity index (χ0n) is 11.4. The van der Waals surface area contributed by atoms with Crippen molar-refractivity contribution in [3.05, 3.63) is 23.4 Å². The van der Waals surface area contributed by atoms with Gasteiger partial charge < -0.3 is 10.2 Å². The summed E-state index contributed by atoms with van der Waals surface area (Å²) in [6.45, 7) is 4.09. The van der Waals surface area contributed by atoms with Gasteiger partial charge >= 0.3 is 0 Å². The largest absolute Gasteiger partial charge is 0.351 e. The lowest BCUT2D eigenvalue weighted by atomic mass is 10.1. The van der Waals surface area contributed by atoms with Crippen LogP contribution in [-0.4, -0.2) is 30.2 Å². The predicted molar refractivity (Wildman–Crippen MR) is 75.1 cm³/mol. The minimum Gasteiger partial charge on any atom is -0.351 e. The quantitative estimate of drug-likeness (QED) is 0.895. The number of rotatable bonds is 4. The summed E-state index contributed by atoms with van der Waals surface area (Å²) < 4.78 is 0. The molecule has 1 aromatic rings. The predicted octanol–water partition coefficient (Wildman–Crippen LogP) is 1.98. The van der Waals surface area contributed by atoms with Gasteiger partial charge in [0.05, 0.1) is 5.56 Å². The van der Waals surface area contributed by atoms with Crippen molar-refractivity contribution in [3.8, 4) is 6.07 Å². The molecule has 19 heavy (non-hydrogen) atoms. The SMILES string of the molecule is Cc1ccnc(N(CC2CCCN2)C2CC2)c1C#N. The number of nitrogens with one attached hydrogen (secondary N) is 1. The number of anilines is 1. The molecule has 2 aliphatic rings. The zero-order valence-corrected chi connectivity index (χ0v) is 11.4. The van der Waals surface area contributed by atoms with E-state index in [4.69, 9.17) is 0 Å². The number of aryl methyl sites for hydroxylation is 1. The molecule has 100 valence electrons. The molecule has 3 rings (SSSR count). The Kier molecular flexibility index (Phi) is 3.39. The summed E-state index contributed by atoms with van der Waals surface area (Å²) in [5.74, 6) is 0.888. The monoisotopic (exact) mass is 256 g/mol. The second-order valence-corrected chi connectivity index (χ2v) is 5.62. The highest BCUT2D eigenvalue weighted by atomic mass is 15.3. The van der Waals surface area contributed by atoms with E-state index in [0.29, 0.717) is 12.1 Å². The molecule has 1 unspecified atom stereocenters. The van der Waals surface area contributed by atoms with Crippen molar-refractivity contribution >= 4 is 5.82 Å². The first-order valence-electron chi connectivity index (χ1n) is 7.15. The summed E-state index contributed by atoms with van der Waals surface area (Å²) in [6.07, 6.45) is 6.77. The fourth-order valence-electron chi connectivity index (χ4n) is 2.84. The molecule has 0 amide bonds. The molecule has 1 aliphatic heterocycles. The van der Waals surface area contributed by atoms with Crippen molar-refractivity contribution < 1.29 is 0 Å². The van der Waals surface area contributed by atoms with Gasteiger partial charge in [-0.05, 0) is 50.8 Å². The Balaban J connectivity index is 1.87. The van der Waals surface area contributed by atoms with E-state index in [1.807, 2.05) is 19.2 Å². The Labute approximate surface area is 114 Å². The maximum Gasteiger partial charge on any atom is 0.147 e. The van der Waals surface area contributed by atoms with E-state index in [9.17, 15) is 5.26 Å². The molecule has 1 saturated carbocycles. The number of hydrogen-bond acceptors (Lipinski definition) is 4. The van der Waals surface area contributed by atoms with Crippen LogP contribution in [0.5, 0.6) is 0 Å². The summed E-state index contributed by atoms with van der Waals surface area (Å²) >= 11 is 0. The van der Waals surface area contributed by atoms with E-state index >= 15 is 0 Å². The fraction of sp³-hybridized carbons (Fsp3) is 0.600. The van der Waals surface area contributed by atoms with Gasteiger partial charge in [0, 0.05) is 24.8 Å². The molecule has 0 aromatic carbocycles. The maximum atomic E-state index is 9.38. The summed E-state index contributed by atoms with van der Waals surface area (Å²) in [5.41, 5.74) is 1.77. The minimum atomic E-state index is 0.550. The van der Waals surface area contributed by atoms with Crippen LogP contribution in [-0.2, 0) is 0 Å². The highest BCUT2D eigenvalue weighted by molar-refractivity contribution is 5.58. The number of pyridine rings is 1. The Morgan fingerprint density at radius 2 is 2.32 bits per heavy atom. The molecule has 1 N–H and O–H groups in total. The Morgan fingerprint density at radius 3 is 2.95 bits per heavy atom. The molecule has 0 bridgehead atoms. The van der Waals surface area contributed by atoms with Crippen LogP contribution in [0.1, 0.15) is 36.8 Å². The molecule has 1 saturated heterocycles. The van der Waals surface area contributed by atoms with Crippen LogP contribution >= 0.6 is 0 Å². The van der Waals surface area contributed by atoms with Crippen LogP contribution in [0.25, 0.3) is 0 Å². The fourth-order valence-corrected chi connectivity index (χ4v) is 2.84. The van der Waals surface area contributed by atoms with Crippen LogP contribution in [0.3, 0.4) is 0 Å². The first-order chi connectivity index (χ1) is 9.29. The smallest absolute Gasteiger partial charge is 0.147 e. The van der Waals surface area contributed by atoms with Gasteiger partial charge in [-0.2, -0.15) is 5.26 Å². The number of hydrogen-bond donors (Lipinski definition) is 1. The van der Waals surface area contributed by atoms with Crippen molar-refractivity contribution in [3.63, 3.8) is 0 Å². The summed E-state index contributed by atoms with van der Waals surface area (Å²) in [4.78, 5) is 6.85. The lowest BCUT2D eigenvalue weighted by Gasteiger charge is -2.28. The number of nitriles is 1. The van der Waals surface area contributed by atoms with Crippen LogP contribution in [0.2, 0.25) is 0 Å². The van der Waals surface area contributed by atoms with Crippen molar-refractivity contribution in [1.82, 2.24) is 10.3 Å². The molecule has 0 spiro atoms. The average Bonchev–Trinajstić information content (AvgIpc) is 3.13. The van der Waals surface area contributed by atoms with E-state index in [0.717, 1.165) is 30.0 Å². The van der Waals surface area contributed by atoms with E-state index in [1.165, 1.54) is 25.7 Å². The lowest BCUT2D eigenvalue weighted by Crippen LogP contribution is -2.39. The Bertz CT molecular complexity index is 495. The summed E-state index contributed by atoms with van der Waals surface area (Å²) in [7, 11) is 0. The lowest BCUT2D eigenvalue weighted by molar-refractivity contribution is 0.575. The molecular weight excluding hydrogens is 236 g/mol. The second-order valence-electron chi connectivity index (χ2n) is 5.62. The first-order valence-corrected chi connectivity index (χ1v) is 7.15. The van der Waals surface area contributed by atoms with Crippen molar-refractivity contribution in [2.45, 2.75) is 44.7 Å². The highest BCUT2D eigenvalue weighted by Gasteiger charge is 2.33. The summed E-state index contributed by atoms with van der Waals surface area (Å²) in [6, 6.07) is 5.38. The molecule has 4 heteroatoms. The summed E-state index contributed by atoms with van der Waals surface area (Å²) in [5, 5.41) is 12.9. The van der Waals surface area contributed by atoms with Gasteiger partial charge in [0.1, 0.15) is 11.9 Å². The van der Waals surface area contributed by atoms with Gasteiger partial charge in [-0.25, -0.2) is 4.98 Å². The van der Waals surface area contributed by atoms with Gasteiger partial charge in [-0.1, -0.05) is 0 Å². The van der Waals surface area contributed by atoms with Crippen LogP contribution < -0.4 is 10.2 Å². The van der Waals surface area contributed by atoms with Crippen molar-refractivity contribution in [2.24, 2.45) is 0 Å². The maximum absolute atomic E-state index is 9.38.